The summed E-state index contributed by atoms with van der Waals surface area (Å²) in [4.78, 5) is 45.0. The number of benzene rings is 3. The van der Waals surface area contributed by atoms with Gasteiger partial charge in [-0.2, -0.15) is 0 Å². The number of rotatable bonds is 5. The molecule has 2 fully saturated rings. The van der Waals surface area contributed by atoms with Crippen LogP contribution >= 0.6 is 11.6 Å². The topological polar surface area (TPSA) is 87.2 Å². The lowest BCUT2D eigenvalue weighted by Crippen LogP contribution is -2.39. The van der Waals surface area contributed by atoms with E-state index in [-0.39, 0.29) is 5.56 Å². The zero-order chi connectivity index (χ0) is 23.8. The van der Waals surface area contributed by atoms with Crippen molar-refractivity contribution >= 4 is 46.8 Å². The smallest absolute Gasteiger partial charge is 0.335 e. The van der Waals surface area contributed by atoms with Gasteiger partial charge in [0.2, 0.25) is 5.91 Å². The maximum atomic E-state index is 13.5. The van der Waals surface area contributed by atoms with Gasteiger partial charge >= 0.3 is 5.97 Å². The second-order valence-corrected chi connectivity index (χ2v) is 8.42. The van der Waals surface area contributed by atoms with E-state index in [1.807, 2.05) is 54.6 Å². The lowest BCUT2D eigenvalue weighted by molar-refractivity contribution is -0.126. The van der Waals surface area contributed by atoms with Gasteiger partial charge in [0.1, 0.15) is 5.92 Å². The molecule has 0 spiro atoms. The molecule has 1 N–H and O–H groups in total. The van der Waals surface area contributed by atoms with Gasteiger partial charge in [-0.05, 0) is 54.1 Å². The summed E-state index contributed by atoms with van der Waals surface area (Å²) >= 11 is 6.10. The van der Waals surface area contributed by atoms with E-state index >= 15 is 0 Å². The van der Waals surface area contributed by atoms with Crippen molar-refractivity contribution in [1.29, 1.82) is 0 Å². The maximum absolute atomic E-state index is 13.5. The third-order valence-electron chi connectivity index (χ3n) is 5.88. The molecule has 5 rings (SSSR count). The number of fused-ring (bicyclic) bond motifs is 1. The molecule has 3 aromatic carbocycles. The minimum atomic E-state index is -1.09. The van der Waals surface area contributed by atoms with Crippen molar-refractivity contribution in [2.75, 3.05) is 9.96 Å². The summed E-state index contributed by atoms with van der Waals surface area (Å²) in [5, 5.41) is 11.3. The second kappa shape index (κ2) is 8.78. The number of hydrogen-bond acceptors (Lipinski definition) is 5. The molecule has 3 atom stereocenters. The molecule has 2 saturated heterocycles. The number of carboxylic acids is 1. The molecule has 2 amide bonds. The number of hydrogen-bond donors (Lipinski definition) is 1. The first-order valence-electron chi connectivity index (χ1n) is 10.6. The van der Waals surface area contributed by atoms with Crippen molar-refractivity contribution in [1.82, 2.24) is 0 Å². The molecule has 34 heavy (non-hydrogen) atoms. The molecule has 1 unspecified atom stereocenters. The van der Waals surface area contributed by atoms with Gasteiger partial charge < -0.3 is 5.11 Å². The molecule has 7 nitrogen and oxygen atoms in total. The van der Waals surface area contributed by atoms with E-state index in [0.29, 0.717) is 10.7 Å². The van der Waals surface area contributed by atoms with Crippen LogP contribution in [0.25, 0.3) is 6.08 Å². The number of para-hydroxylation sites is 1. The molecule has 170 valence electrons. The van der Waals surface area contributed by atoms with E-state index in [1.54, 1.807) is 17.2 Å². The highest BCUT2D eigenvalue weighted by Gasteiger charge is 2.59. The number of halogens is 1. The fourth-order valence-electron chi connectivity index (χ4n) is 4.28. The molecule has 2 aliphatic rings. The lowest BCUT2D eigenvalue weighted by Gasteiger charge is -2.26. The SMILES string of the molecule is O=C(O)c1ccc(N2C(=O)[C@@H]3ON(c4ccccc4)C(/C=C/c4cccc(Cl)c4)[C@@H]3C2=O)cc1. The third kappa shape index (κ3) is 3.85. The number of carbonyl (C=O) groups is 3. The van der Waals surface area contributed by atoms with Crippen LogP contribution in [0.4, 0.5) is 11.4 Å². The molecule has 2 aliphatic heterocycles. The second-order valence-electron chi connectivity index (χ2n) is 7.98. The van der Waals surface area contributed by atoms with Crippen LogP contribution in [0.2, 0.25) is 5.02 Å². The number of aromatic carboxylic acids is 1. The number of imide groups is 1. The van der Waals surface area contributed by atoms with Gasteiger partial charge in [0.05, 0.1) is 23.0 Å². The largest absolute Gasteiger partial charge is 0.478 e. The van der Waals surface area contributed by atoms with Crippen molar-refractivity contribution < 1.29 is 24.3 Å². The van der Waals surface area contributed by atoms with Crippen LogP contribution in [0.15, 0.2) is 84.9 Å². The van der Waals surface area contributed by atoms with E-state index in [2.05, 4.69) is 0 Å². The Bertz CT molecular complexity index is 1290. The first-order valence-corrected chi connectivity index (χ1v) is 11.0. The Morgan fingerprint density at radius 1 is 0.912 bits per heavy atom. The van der Waals surface area contributed by atoms with Crippen LogP contribution < -0.4 is 9.96 Å². The summed E-state index contributed by atoms with van der Waals surface area (Å²) < 4.78 is 0. The highest BCUT2D eigenvalue weighted by Crippen LogP contribution is 2.41. The molecular formula is C26H19ClN2O5. The fraction of sp³-hybridized carbons (Fsp3) is 0.115. The van der Waals surface area contributed by atoms with Gasteiger partial charge in [-0.15, -0.1) is 0 Å². The summed E-state index contributed by atoms with van der Waals surface area (Å²) in [5.41, 5.74) is 1.94. The predicted octanol–water partition coefficient (Wildman–Crippen LogP) is 4.43. The lowest BCUT2D eigenvalue weighted by atomic mass is 9.95. The summed E-state index contributed by atoms with van der Waals surface area (Å²) in [6.45, 7) is 0. The molecule has 0 aliphatic carbocycles. The molecular weight excluding hydrogens is 456 g/mol. The number of nitrogens with zero attached hydrogens (tertiary/aromatic N) is 2. The first-order chi connectivity index (χ1) is 16.4. The molecule has 0 saturated carbocycles. The van der Waals surface area contributed by atoms with Crippen molar-refractivity contribution in [3.05, 3.63) is 101 Å². The minimum Gasteiger partial charge on any atom is -0.478 e. The summed E-state index contributed by atoms with van der Waals surface area (Å²) in [7, 11) is 0. The van der Waals surface area contributed by atoms with Gasteiger partial charge in [-0.3, -0.25) is 14.4 Å². The van der Waals surface area contributed by atoms with E-state index in [1.165, 1.54) is 24.3 Å². The van der Waals surface area contributed by atoms with Crippen molar-refractivity contribution in [3.63, 3.8) is 0 Å². The van der Waals surface area contributed by atoms with E-state index < -0.39 is 35.8 Å². The van der Waals surface area contributed by atoms with Gasteiger partial charge in [0, 0.05) is 5.02 Å². The molecule has 0 radical (unpaired) electrons. The monoisotopic (exact) mass is 474 g/mol. The van der Waals surface area contributed by atoms with Crippen LogP contribution in [0.5, 0.6) is 0 Å². The van der Waals surface area contributed by atoms with Crippen LogP contribution in [-0.2, 0) is 14.4 Å². The van der Waals surface area contributed by atoms with E-state index in [4.69, 9.17) is 21.5 Å². The van der Waals surface area contributed by atoms with Gasteiger partial charge in [0.15, 0.2) is 6.10 Å². The Labute approximate surface area is 200 Å². The molecule has 3 aromatic rings. The van der Waals surface area contributed by atoms with Crippen molar-refractivity contribution in [2.24, 2.45) is 5.92 Å². The zero-order valence-electron chi connectivity index (χ0n) is 17.7. The average molecular weight is 475 g/mol. The zero-order valence-corrected chi connectivity index (χ0v) is 18.5. The molecule has 0 aromatic heterocycles. The minimum absolute atomic E-state index is 0.0665. The number of anilines is 2. The fourth-order valence-corrected chi connectivity index (χ4v) is 4.47. The molecule has 2 heterocycles. The van der Waals surface area contributed by atoms with E-state index in [0.717, 1.165) is 16.2 Å². The average Bonchev–Trinajstić information content (AvgIpc) is 3.34. The van der Waals surface area contributed by atoms with Crippen LogP contribution in [0.1, 0.15) is 15.9 Å². The normalized spacial score (nSPS) is 22.0. The van der Waals surface area contributed by atoms with Crippen molar-refractivity contribution in [3.8, 4) is 0 Å². The quantitative estimate of drug-likeness (QED) is 0.550. The number of amides is 2. The van der Waals surface area contributed by atoms with Gasteiger partial charge in [-0.25, -0.2) is 14.8 Å². The first kappa shape index (κ1) is 21.9. The highest BCUT2D eigenvalue weighted by molar-refractivity contribution is 6.30. The highest BCUT2D eigenvalue weighted by atomic mass is 35.5. The van der Waals surface area contributed by atoms with Crippen LogP contribution in [0, 0.1) is 5.92 Å². The number of carbonyl (C=O) groups excluding carboxylic acids is 2. The standard InChI is InChI=1S/C26H19ClN2O5/c27-18-6-4-5-16(15-18)9-14-21-22-23(34-29(21)20-7-2-1-3-8-20)25(31)28(24(22)30)19-12-10-17(11-13-19)26(32)33/h1-15,21-23H,(H,32,33)/b14-9+/t21?,22-,23+/m0/s1. The summed E-state index contributed by atoms with van der Waals surface area (Å²) in [6, 6.07) is 21.6. The maximum Gasteiger partial charge on any atom is 0.335 e. The Kier molecular flexibility index (Phi) is 5.65. The Hall–Kier alpha value is -3.94. The van der Waals surface area contributed by atoms with Crippen LogP contribution in [-0.4, -0.2) is 35.0 Å². The van der Waals surface area contributed by atoms with Crippen molar-refractivity contribution in [2.45, 2.75) is 12.1 Å². The van der Waals surface area contributed by atoms with Gasteiger partial charge in [-0.1, -0.05) is 54.1 Å². The van der Waals surface area contributed by atoms with Gasteiger partial charge in [0.25, 0.3) is 5.91 Å². The Morgan fingerprint density at radius 3 is 2.32 bits per heavy atom. The third-order valence-corrected chi connectivity index (χ3v) is 6.11. The Morgan fingerprint density at radius 2 is 1.65 bits per heavy atom. The number of hydroxylamine groups is 1. The van der Waals surface area contributed by atoms with E-state index in [9.17, 15) is 14.4 Å². The molecule has 0 bridgehead atoms. The van der Waals surface area contributed by atoms with Crippen LogP contribution in [0.3, 0.4) is 0 Å². The summed E-state index contributed by atoms with van der Waals surface area (Å²) in [6.07, 6.45) is 2.69. The predicted molar refractivity (Wildman–Crippen MR) is 127 cm³/mol. The molecule has 8 heteroatoms. The Balaban J connectivity index is 1.50. The number of carboxylic acid groups (broad SMARTS) is 1. The summed E-state index contributed by atoms with van der Waals surface area (Å²) in [5.74, 6) is -2.76.